The zero-order valence-electron chi connectivity index (χ0n) is 17.3. The van der Waals surface area contributed by atoms with Crippen LogP contribution in [0.5, 0.6) is 0 Å². The van der Waals surface area contributed by atoms with Crippen LogP contribution in [0.25, 0.3) is 10.2 Å². The monoisotopic (exact) mass is 428 g/mol. The highest BCUT2D eigenvalue weighted by molar-refractivity contribution is 7.18. The quantitative estimate of drug-likeness (QED) is 0.540. The topological polar surface area (TPSA) is 59.8 Å². The number of benzene rings is 1. The summed E-state index contributed by atoms with van der Waals surface area (Å²) in [5, 5.41) is 4.73. The van der Waals surface area contributed by atoms with Crippen molar-refractivity contribution in [2.45, 2.75) is 50.7 Å². The zero-order chi connectivity index (χ0) is 20.8. The lowest BCUT2D eigenvalue weighted by atomic mass is 9.92. The molecule has 6 rings (SSSR count). The lowest BCUT2D eigenvalue weighted by Crippen LogP contribution is -2.41. The molecule has 0 unspecified atom stereocenters. The van der Waals surface area contributed by atoms with Crippen LogP contribution in [-0.2, 0) is 32.2 Å². The van der Waals surface area contributed by atoms with Crippen molar-refractivity contribution in [3.05, 3.63) is 92.6 Å². The molecule has 0 spiro atoms. The average molecular weight is 429 g/mol. The molecule has 4 aromatic rings. The van der Waals surface area contributed by atoms with E-state index in [0.717, 1.165) is 48.0 Å². The van der Waals surface area contributed by atoms with E-state index in [1.165, 1.54) is 21.6 Å². The SMILES string of the molecule is O=c1c2c3c(sc2ncn1Cc1ccccn1)C[C@H](NC1Cc2ccccc2C1)CC3. The number of nitrogens with zero attached hydrogens (tertiary/aromatic N) is 3. The number of thiophene rings is 1. The van der Waals surface area contributed by atoms with E-state index in [-0.39, 0.29) is 5.56 Å². The Morgan fingerprint density at radius 2 is 1.81 bits per heavy atom. The minimum absolute atomic E-state index is 0.0609. The Kier molecular flexibility index (Phi) is 4.69. The van der Waals surface area contributed by atoms with Gasteiger partial charge in [0, 0.05) is 23.2 Å². The second kappa shape index (κ2) is 7.70. The highest BCUT2D eigenvalue weighted by Gasteiger charge is 2.28. The third-order valence-corrected chi connectivity index (χ3v) is 7.78. The molecule has 0 bridgehead atoms. The maximum Gasteiger partial charge on any atom is 0.262 e. The van der Waals surface area contributed by atoms with Crippen LogP contribution < -0.4 is 10.9 Å². The van der Waals surface area contributed by atoms with Crippen molar-refractivity contribution in [1.82, 2.24) is 19.9 Å². The second-order valence-electron chi connectivity index (χ2n) is 8.66. The number of hydrogen-bond acceptors (Lipinski definition) is 5. The van der Waals surface area contributed by atoms with E-state index < -0.39 is 0 Å². The van der Waals surface area contributed by atoms with E-state index in [9.17, 15) is 4.79 Å². The molecule has 3 heterocycles. The molecule has 3 aromatic heterocycles. The fourth-order valence-corrected chi connectivity index (χ4v) is 6.39. The van der Waals surface area contributed by atoms with E-state index in [1.807, 2.05) is 18.2 Å². The molecule has 2 aliphatic rings. The molecule has 2 aliphatic carbocycles. The summed E-state index contributed by atoms with van der Waals surface area (Å²) in [5.41, 5.74) is 5.12. The van der Waals surface area contributed by atoms with Gasteiger partial charge in [-0.15, -0.1) is 11.3 Å². The molecule has 1 aromatic carbocycles. The van der Waals surface area contributed by atoms with Gasteiger partial charge in [0.2, 0.25) is 0 Å². The van der Waals surface area contributed by atoms with Crippen LogP contribution in [-0.4, -0.2) is 26.6 Å². The minimum atomic E-state index is 0.0609. The maximum absolute atomic E-state index is 13.2. The predicted molar refractivity (Wildman–Crippen MR) is 124 cm³/mol. The molecule has 0 saturated carbocycles. The van der Waals surface area contributed by atoms with Crippen LogP contribution >= 0.6 is 11.3 Å². The fraction of sp³-hybridized carbons (Fsp3) is 0.320. The standard InChI is InChI=1S/C25H24N4OS/c30-25-23-21-9-8-18(28-20-11-16-5-1-2-6-17(16)12-20)13-22(21)31-24(23)27-15-29(25)14-19-7-3-4-10-26-19/h1-7,10,15,18,20,28H,8-9,11-14H2/t18-/m1/s1. The number of aromatic nitrogens is 3. The lowest BCUT2D eigenvalue weighted by molar-refractivity contribution is 0.402. The first-order valence-electron chi connectivity index (χ1n) is 11.0. The summed E-state index contributed by atoms with van der Waals surface area (Å²) in [5.74, 6) is 0. The number of fused-ring (bicyclic) bond motifs is 4. The van der Waals surface area contributed by atoms with Crippen molar-refractivity contribution in [3.8, 4) is 0 Å². The molecule has 6 heteroatoms. The van der Waals surface area contributed by atoms with Crippen molar-refractivity contribution in [2.75, 3.05) is 0 Å². The summed E-state index contributed by atoms with van der Waals surface area (Å²) in [6, 6.07) is 15.5. The van der Waals surface area contributed by atoms with E-state index >= 15 is 0 Å². The molecule has 0 radical (unpaired) electrons. The molecule has 156 valence electrons. The first-order valence-corrected chi connectivity index (χ1v) is 11.8. The van der Waals surface area contributed by atoms with Crippen molar-refractivity contribution in [2.24, 2.45) is 0 Å². The van der Waals surface area contributed by atoms with Gasteiger partial charge in [-0.05, 0) is 60.9 Å². The molecule has 31 heavy (non-hydrogen) atoms. The Bertz CT molecular complexity index is 1290. The van der Waals surface area contributed by atoms with Crippen LogP contribution in [0, 0.1) is 0 Å². The molecule has 5 nitrogen and oxygen atoms in total. The lowest BCUT2D eigenvalue weighted by Gasteiger charge is -2.26. The molecule has 0 saturated heterocycles. The minimum Gasteiger partial charge on any atom is -0.310 e. The number of rotatable bonds is 4. The Labute approximate surface area is 184 Å². The summed E-state index contributed by atoms with van der Waals surface area (Å²) in [6.07, 6.45) is 8.67. The Hall–Kier alpha value is -2.83. The summed E-state index contributed by atoms with van der Waals surface area (Å²) in [6.45, 7) is 0.458. The van der Waals surface area contributed by atoms with E-state index in [2.05, 4.69) is 39.6 Å². The van der Waals surface area contributed by atoms with Gasteiger partial charge in [-0.3, -0.25) is 14.3 Å². The predicted octanol–water partition coefficient (Wildman–Crippen LogP) is 3.52. The van der Waals surface area contributed by atoms with Gasteiger partial charge < -0.3 is 5.32 Å². The second-order valence-corrected chi connectivity index (χ2v) is 9.75. The van der Waals surface area contributed by atoms with Gasteiger partial charge in [0.05, 0.1) is 24.0 Å². The third-order valence-electron chi connectivity index (χ3n) is 6.62. The van der Waals surface area contributed by atoms with Gasteiger partial charge >= 0.3 is 0 Å². The number of hydrogen-bond donors (Lipinski definition) is 1. The molecular weight excluding hydrogens is 404 g/mol. The normalized spacial score (nSPS) is 18.3. The Morgan fingerprint density at radius 3 is 2.58 bits per heavy atom. The molecule has 0 aliphatic heterocycles. The Balaban J connectivity index is 1.23. The summed E-state index contributed by atoms with van der Waals surface area (Å²) in [7, 11) is 0. The maximum atomic E-state index is 13.2. The van der Waals surface area contributed by atoms with Crippen LogP contribution in [0.15, 0.2) is 59.8 Å². The van der Waals surface area contributed by atoms with Gasteiger partial charge in [-0.25, -0.2) is 4.98 Å². The van der Waals surface area contributed by atoms with Crippen LogP contribution in [0.1, 0.15) is 33.7 Å². The molecule has 1 N–H and O–H groups in total. The van der Waals surface area contributed by atoms with Crippen LogP contribution in [0.3, 0.4) is 0 Å². The average Bonchev–Trinajstić information content (AvgIpc) is 3.37. The van der Waals surface area contributed by atoms with Gasteiger partial charge in [-0.2, -0.15) is 0 Å². The highest BCUT2D eigenvalue weighted by Crippen LogP contribution is 2.34. The number of pyridine rings is 1. The fourth-order valence-electron chi connectivity index (χ4n) is 5.13. The molecule has 0 fully saturated rings. The van der Waals surface area contributed by atoms with Gasteiger partial charge in [-0.1, -0.05) is 30.3 Å². The first-order chi connectivity index (χ1) is 15.2. The van der Waals surface area contributed by atoms with Crippen molar-refractivity contribution >= 4 is 21.6 Å². The largest absolute Gasteiger partial charge is 0.310 e. The molecular formula is C25H24N4OS. The first kappa shape index (κ1) is 18.9. The smallest absolute Gasteiger partial charge is 0.262 e. The van der Waals surface area contributed by atoms with Gasteiger partial charge in [0.15, 0.2) is 0 Å². The number of nitrogens with one attached hydrogen (secondary N) is 1. The van der Waals surface area contributed by atoms with E-state index in [4.69, 9.17) is 0 Å². The summed E-state index contributed by atoms with van der Waals surface area (Å²) in [4.78, 5) is 24.4. The van der Waals surface area contributed by atoms with Crippen molar-refractivity contribution in [1.29, 1.82) is 0 Å². The van der Waals surface area contributed by atoms with Gasteiger partial charge in [0.25, 0.3) is 5.56 Å². The van der Waals surface area contributed by atoms with Crippen LogP contribution in [0.2, 0.25) is 0 Å². The van der Waals surface area contributed by atoms with E-state index in [0.29, 0.717) is 18.6 Å². The number of aryl methyl sites for hydroxylation is 1. The summed E-state index contributed by atoms with van der Waals surface area (Å²) < 4.78 is 1.69. The Morgan fingerprint density at radius 1 is 1.00 bits per heavy atom. The van der Waals surface area contributed by atoms with Crippen molar-refractivity contribution in [3.63, 3.8) is 0 Å². The zero-order valence-corrected chi connectivity index (χ0v) is 18.1. The van der Waals surface area contributed by atoms with Crippen LogP contribution in [0.4, 0.5) is 0 Å². The summed E-state index contributed by atoms with van der Waals surface area (Å²) >= 11 is 1.70. The molecule has 0 amide bonds. The van der Waals surface area contributed by atoms with E-state index in [1.54, 1.807) is 28.4 Å². The van der Waals surface area contributed by atoms with Crippen molar-refractivity contribution < 1.29 is 0 Å². The van der Waals surface area contributed by atoms with Gasteiger partial charge in [0.1, 0.15) is 4.83 Å². The third kappa shape index (κ3) is 3.50. The highest BCUT2D eigenvalue weighted by atomic mass is 32.1. The molecule has 1 atom stereocenters.